The highest BCUT2D eigenvalue weighted by Gasteiger charge is 2.15. The molecule has 1 aromatic heterocycles. The van der Waals surface area contributed by atoms with Crippen molar-refractivity contribution in [2.24, 2.45) is 0 Å². The first-order valence-electron chi connectivity index (χ1n) is 5.39. The van der Waals surface area contributed by atoms with Crippen LogP contribution in [0, 0.1) is 0 Å². The fourth-order valence-electron chi connectivity index (χ4n) is 2.10. The van der Waals surface area contributed by atoms with Crippen LogP contribution in [0.15, 0.2) is 30.5 Å². The number of nitrogens with one attached hydrogen (secondary N) is 1. The third-order valence-corrected chi connectivity index (χ3v) is 2.90. The summed E-state index contributed by atoms with van der Waals surface area (Å²) in [5.74, 6) is 0.293. The summed E-state index contributed by atoms with van der Waals surface area (Å²) < 4.78 is 2.02. The van der Waals surface area contributed by atoms with E-state index in [4.69, 9.17) is 0 Å². The third-order valence-electron chi connectivity index (χ3n) is 2.90. The Bertz CT molecular complexity index is 519. The van der Waals surface area contributed by atoms with Crippen molar-refractivity contribution >= 4 is 0 Å². The van der Waals surface area contributed by atoms with E-state index < -0.39 is 0 Å². The van der Waals surface area contributed by atoms with Gasteiger partial charge >= 0.3 is 0 Å². The van der Waals surface area contributed by atoms with Gasteiger partial charge in [-0.1, -0.05) is 12.1 Å². The zero-order valence-electron chi connectivity index (χ0n) is 8.85. The van der Waals surface area contributed by atoms with E-state index in [-0.39, 0.29) is 0 Å². The minimum atomic E-state index is 0.293. The molecule has 82 valence electrons. The number of phenolic OH excluding ortho intramolecular Hbond substituents is 1. The van der Waals surface area contributed by atoms with Gasteiger partial charge in [0.05, 0.1) is 18.4 Å². The van der Waals surface area contributed by atoms with Crippen LogP contribution >= 0.6 is 0 Å². The first kappa shape index (κ1) is 9.42. The van der Waals surface area contributed by atoms with Gasteiger partial charge in [0.2, 0.25) is 0 Å². The first-order valence-corrected chi connectivity index (χ1v) is 5.39. The van der Waals surface area contributed by atoms with E-state index in [0.717, 1.165) is 30.8 Å². The SMILES string of the molecule is Oc1cccc(-c2cnn3c2CNCC3)c1. The van der Waals surface area contributed by atoms with Crippen LogP contribution in [-0.2, 0) is 13.1 Å². The monoisotopic (exact) mass is 215 g/mol. The smallest absolute Gasteiger partial charge is 0.116 e. The Morgan fingerprint density at radius 3 is 3.19 bits per heavy atom. The summed E-state index contributed by atoms with van der Waals surface area (Å²) >= 11 is 0. The van der Waals surface area contributed by atoms with Crippen LogP contribution in [0.3, 0.4) is 0 Å². The number of fused-ring (bicyclic) bond motifs is 1. The second-order valence-electron chi connectivity index (χ2n) is 3.96. The summed E-state index contributed by atoms with van der Waals surface area (Å²) in [4.78, 5) is 0. The van der Waals surface area contributed by atoms with Crippen LogP contribution in [0.4, 0.5) is 0 Å². The number of aromatic hydroxyl groups is 1. The van der Waals surface area contributed by atoms with Crippen LogP contribution in [0.2, 0.25) is 0 Å². The highest BCUT2D eigenvalue weighted by molar-refractivity contribution is 5.66. The molecule has 0 fully saturated rings. The van der Waals surface area contributed by atoms with E-state index in [1.54, 1.807) is 12.1 Å². The maximum atomic E-state index is 9.47. The second-order valence-corrected chi connectivity index (χ2v) is 3.96. The predicted octanol–water partition coefficient (Wildman–Crippen LogP) is 1.36. The van der Waals surface area contributed by atoms with Gasteiger partial charge in [0, 0.05) is 18.7 Å². The van der Waals surface area contributed by atoms with Gasteiger partial charge in [-0.05, 0) is 17.7 Å². The average Bonchev–Trinajstić information content (AvgIpc) is 2.72. The lowest BCUT2D eigenvalue weighted by Crippen LogP contribution is -2.28. The zero-order valence-corrected chi connectivity index (χ0v) is 8.85. The Labute approximate surface area is 93.5 Å². The van der Waals surface area contributed by atoms with Crippen molar-refractivity contribution in [1.29, 1.82) is 0 Å². The Morgan fingerprint density at radius 2 is 2.31 bits per heavy atom. The lowest BCUT2D eigenvalue weighted by molar-refractivity contribution is 0.474. The number of phenols is 1. The molecule has 0 aliphatic carbocycles. The van der Waals surface area contributed by atoms with Crippen LogP contribution < -0.4 is 5.32 Å². The van der Waals surface area contributed by atoms with Crippen molar-refractivity contribution < 1.29 is 5.11 Å². The highest BCUT2D eigenvalue weighted by atomic mass is 16.3. The standard InChI is InChI=1S/C12H13N3O/c16-10-3-1-2-9(6-10)11-7-14-15-5-4-13-8-12(11)15/h1-3,6-7,13,16H,4-5,8H2. The summed E-state index contributed by atoms with van der Waals surface area (Å²) in [5, 5.41) is 17.2. The molecule has 2 heterocycles. The quantitative estimate of drug-likeness (QED) is 0.755. The van der Waals surface area contributed by atoms with Gasteiger partial charge in [-0.3, -0.25) is 4.68 Å². The molecule has 1 aliphatic rings. The molecular formula is C12H13N3O. The molecule has 4 heteroatoms. The lowest BCUT2D eigenvalue weighted by Gasteiger charge is -2.16. The minimum absolute atomic E-state index is 0.293. The molecule has 0 atom stereocenters. The minimum Gasteiger partial charge on any atom is -0.508 e. The summed E-state index contributed by atoms with van der Waals surface area (Å²) in [7, 11) is 0. The van der Waals surface area contributed by atoms with E-state index in [0.29, 0.717) is 5.75 Å². The molecule has 2 aromatic rings. The molecule has 16 heavy (non-hydrogen) atoms. The topological polar surface area (TPSA) is 50.1 Å². The van der Waals surface area contributed by atoms with Crippen molar-refractivity contribution in [3.8, 4) is 16.9 Å². The summed E-state index contributed by atoms with van der Waals surface area (Å²) in [6.45, 7) is 2.72. The zero-order chi connectivity index (χ0) is 11.0. The normalized spacial score (nSPS) is 14.8. The largest absolute Gasteiger partial charge is 0.508 e. The van der Waals surface area contributed by atoms with Crippen molar-refractivity contribution in [1.82, 2.24) is 15.1 Å². The lowest BCUT2D eigenvalue weighted by atomic mass is 10.1. The molecule has 2 N–H and O–H groups in total. The number of aromatic nitrogens is 2. The van der Waals surface area contributed by atoms with E-state index in [1.165, 1.54) is 5.69 Å². The molecule has 0 radical (unpaired) electrons. The molecular weight excluding hydrogens is 202 g/mol. The molecule has 1 aliphatic heterocycles. The third kappa shape index (κ3) is 1.47. The van der Waals surface area contributed by atoms with Crippen molar-refractivity contribution in [2.45, 2.75) is 13.1 Å². The van der Waals surface area contributed by atoms with E-state index >= 15 is 0 Å². The maximum absolute atomic E-state index is 9.47. The van der Waals surface area contributed by atoms with E-state index in [1.807, 2.05) is 23.0 Å². The predicted molar refractivity (Wildman–Crippen MR) is 61.0 cm³/mol. The van der Waals surface area contributed by atoms with Gasteiger partial charge in [-0.25, -0.2) is 0 Å². The molecule has 0 spiro atoms. The number of nitrogens with zero attached hydrogens (tertiary/aromatic N) is 2. The summed E-state index contributed by atoms with van der Waals surface area (Å²) in [6, 6.07) is 7.29. The van der Waals surface area contributed by atoms with Gasteiger partial charge in [-0.2, -0.15) is 5.10 Å². The molecule has 3 rings (SSSR count). The molecule has 0 amide bonds. The summed E-state index contributed by atoms with van der Waals surface area (Å²) in [6.07, 6.45) is 1.87. The van der Waals surface area contributed by atoms with Crippen molar-refractivity contribution in [2.75, 3.05) is 6.54 Å². The number of hydrogen-bond acceptors (Lipinski definition) is 3. The molecule has 0 saturated heterocycles. The van der Waals surface area contributed by atoms with Crippen LogP contribution in [0.25, 0.3) is 11.1 Å². The number of benzene rings is 1. The van der Waals surface area contributed by atoms with Gasteiger partial charge in [0.1, 0.15) is 5.75 Å². The van der Waals surface area contributed by atoms with Crippen molar-refractivity contribution in [3.63, 3.8) is 0 Å². The van der Waals surface area contributed by atoms with Gasteiger partial charge in [0.15, 0.2) is 0 Å². The van der Waals surface area contributed by atoms with Gasteiger partial charge in [-0.15, -0.1) is 0 Å². The molecule has 4 nitrogen and oxygen atoms in total. The van der Waals surface area contributed by atoms with Crippen molar-refractivity contribution in [3.05, 3.63) is 36.2 Å². The second kappa shape index (κ2) is 3.64. The van der Waals surface area contributed by atoms with E-state index in [2.05, 4.69) is 10.4 Å². The number of hydrogen-bond donors (Lipinski definition) is 2. The fraction of sp³-hybridized carbons (Fsp3) is 0.250. The molecule has 0 unspecified atom stereocenters. The van der Waals surface area contributed by atoms with Crippen LogP contribution in [-0.4, -0.2) is 21.4 Å². The van der Waals surface area contributed by atoms with Crippen LogP contribution in [0.1, 0.15) is 5.69 Å². The van der Waals surface area contributed by atoms with Gasteiger partial charge < -0.3 is 10.4 Å². The Morgan fingerprint density at radius 1 is 1.38 bits per heavy atom. The molecule has 0 saturated carbocycles. The Balaban J connectivity index is 2.09. The molecule has 0 bridgehead atoms. The number of rotatable bonds is 1. The maximum Gasteiger partial charge on any atom is 0.116 e. The highest BCUT2D eigenvalue weighted by Crippen LogP contribution is 2.27. The Hall–Kier alpha value is -1.81. The summed E-state index contributed by atoms with van der Waals surface area (Å²) in [5.41, 5.74) is 3.31. The van der Waals surface area contributed by atoms with Crippen LogP contribution in [0.5, 0.6) is 5.75 Å². The Kier molecular flexibility index (Phi) is 2.15. The fourth-order valence-corrected chi connectivity index (χ4v) is 2.10. The first-order chi connectivity index (χ1) is 7.84. The van der Waals surface area contributed by atoms with Gasteiger partial charge in [0.25, 0.3) is 0 Å². The van der Waals surface area contributed by atoms with E-state index in [9.17, 15) is 5.11 Å². The molecule has 1 aromatic carbocycles. The average molecular weight is 215 g/mol.